The van der Waals surface area contributed by atoms with Gasteiger partial charge in [-0.2, -0.15) is 5.10 Å². The standard InChI is InChI=1S/C14H13N5OS/c1-10(14(20)17-15-9-11-5-4-8-21-11)19-13-7-3-2-6-12(13)16-18-19/h2-10H,1H3,(H,17,20). The van der Waals surface area contributed by atoms with E-state index in [1.165, 1.54) is 0 Å². The number of amides is 1. The molecule has 3 rings (SSSR count). The van der Waals surface area contributed by atoms with Crippen molar-refractivity contribution in [2.24, 2.45) is 5.10 Å². The van der Waals surface area contributed by atoms with Crippen LogP contribution in [-0.2, 0) is 4.79 Å². The Bertz CT molecular complexity index is 778. The Morgan fingerprint density at radius 2 is 2.24 bits per heavy atom. The molecular formula is C14H13N5OS. The van der Waals surface area contributed by atoms with E-state index in [0.717, 1.165) is 15.9 Å². The van der Waals surface area contributed by atoms with Crippen LogP contribution in [0.2, 0.25) is 0 Å². The maximum atomic E-state index is 12.1. The summed E-state index contributed by atoms with van der Waals surface area (Å²) in [7, 11) is 0. The highest BCUT2D eigenvalue weighted by atomic mass is 32.1. The second-order valence-electron chi connectivity index (χ2n) is 4.45. The number of carbonyl (C=O) groups is 1. The number of hydrogen-bond donors (Lipinski definition) is 1. The molecule has 1 N–H and O–H groups in total. The number of benzene rings is 1. The molecule has 0 aliphatic carbocycles. The summed E-state index contributed by atoms with van der Waals surface area (Å²) >= 11 is 1.55. The van der Waals surface area contributed by atoms with E-state index >= 15 is 0 Å². The van der Waals surface area contributed by atoms with Crippen LogP contribution in [0.15, 0.2) is 46.9 Å². The van der Waals surface area contributed by atoms with Crippen LogP contribution >= 0.6 is 11.3 Å². The van der Waals surface area contributed by atoms with Crippen LogP contribution < -0.4 is 5.43 Å². The van der Waals surface area contributed by atoms with Crippen LogP contribution in [0, 0.1) is 0 Å². The van der Waals surface area contributed by atoms with Crippen LogP contribution in [0.5, 0.6) is 0 Å². The van der Waals surface area contributed by atoms with Gasteiger partial charge in [0.15, 0.2) is 0 Å². The summed E-state index contributed by atoms with van der Waals surface area (Å²) in [6.45, 7) is 1.76. The molecule has 0 radical (unpaired) electrons. The maximum Gasteiger partial charge on any atom is 0.264 e. The fourth-order valence-electron chi connectivity index (χ4n) is 1.90. The van der Waals surface area contributed by atoms with Crippen molar-refractivity contribution in [3.05, 3.63) is 46.7 Å². The van der Waals surface area contributed by atoms with Crippen molar-refractivity contribution >= 4 is 34.5 Å². The van der Waals surface area contributed by atoms with Gasteiger partial charge in [0.2, 0.25) is 0 Å². The van der Waals surface area contributed by atoms with E-state index in [1.807, 2.05) is 41.8 Å². The maximum absolute atomic E-state index is 12.1. The van der Waals surface area contributed by atoms with Crippen LogP contribution in [0.1, 0.15) is 17.8 Å². The quantitative estimate of drug-likeness (QED) is 0.593. The summed E-state index contributed by atoms with van der Waals surface area (Å²) in [5, 5.41) is 14.0. The second-order valence-corrected chi connectivity index (χ2v) is 5.43. The van der Waals surface area contributed by atoms with Crippen LogP contribution in [0.3, 0.4) is 0 Å². The zero-order valence-electron chi connectivity index (χ0n) is 11.3. The normalized spacial score (nSPS) is 12.8. The van der Waals surface area contributed by atoms with E-state index in [0.29, 0.717) is 0 Å². The van der Waals surface area contributed by atoms with Crippen molar-refractivity contribution < 1.29 is 4.79 Å². The van der Waals surface area contributed by atoms with Gasteiger partial charge in [-0.05, 0) is 30.5 Å². The summed E-state index contributed by atoms with van der Waals surface area (Å²) in [6, 6.07) is 10.9. The van der Waals surface area contributed by atoms with Gasteiger partial charge in [-0.1, -0.05) is 23.4 Å². The Morgan fingerprint density at radius 1 is 1.38 bits per heavy atom. The van der Waals surface area contributed by atoms with Crippen molar-refractivity contribution in [1.82, 2.24) is 20.4 Å². The number of nitrogens with zero attached hydrogens (tertiary/aromatic N) is 4. The number of carbonyl (C=O) groups excluding carboxylic acids is 1. The van der Waals surface area contributed by atoms with E-state index in [2.05, 4.69) is 20.8 Å². The van der Waals surface area contributed by atoms with Gasteiger partial charge in [0.1, 0.15) is 11.6 Å². The predicted molar refractivity (Wildman–Crippen MR) is 82.3 cm³/mol. The number of nitrogens with one attached hydrogen (secondary N) is 1. The van der Waals surface area contributed by atoms with Gasteiger partial charge in [0.25, 0.3) is 5.91 Å². The first kappa shape index (κ1) is 13.4. The molecule has 0 aliphatic heterocycles. The lowest BCUT2D eigenvalue weighted by molar-refractivity contribution is -0.124. The Morgan fingerprint density at radius 3 is 3.05 bits per heavy atom. The molecule has 0 bridgehead atoms. The fraction of sp³-hybridized carbons (Fsp3) is 0.143. The lowest BCUT2D eigenvalue weighted by atomic mass is 10.3. The molecule has 0 aliphatic rings. The number of hydrogen-bond acceptors (Lipinski definition) is 5. The third kappa shape index (κ3) is 2.82. The molecule has 21 heavy (non-hydrogen) atoms. The SMILES string of the molecule is CC(C(=O)NN=Cc1cccs1)n1nnc2ccccc21. The van der Waals surface area contributed by atoms with Crippen molar-refractivity contribution in [2.45, 2.75) is 13.0 Å². The molecule has 106 valence electrons. The third-order valence-electron chi connectivity index (χ3n) is 3.03. The molecular weight excluding hydrogens is 286 g/mol. The first-order valence-corrected chi connectivity index (χ1v) is 7.30. The molecule has 0 saturated heterocycles. The molecule has 0 saturated carbocycles. The molecule has 1 amide bonds. The second kappa shape index (κ2) is 5.84. The number of rotatable bonds is 4. The van der Waals surface area contributed by atoms with E-state index in [4.69, 9.17) is 0 Å². The predicted octanol–water partition coefficient (Wildman–Crippen LogP) is 2.20. The van der Waals surface area contributed by atoms with E-state index in [-0.39, 0.29) is 5.91 Å². The summed E-state index contributed by atoms with van der Waals surface area (Å²) in [6.07, 6.45) is 1.62. The largest absolute Gasteiger partial charge is 0.271 e. The van der Waals surface area contributed by atoms with Gasteiger partial charge in [-0.15, -0.1) is 16.4 Å². The lowest BCUT2D eigenvalue weighted by Crippen LogP contribution is -2.28. The zero-order valence-corrected chi connectivity index (χ0v) is 12.1. The first-order valence-electron chi connectivity index (χ1n) is 6.42. The Balaban J connectivity index is 1.72. The van der Waals surface area contributed by atoms with E-state index in [9.17, 15) is 4.79 Å². The Hall–Kier alpha value is -2.54. The zero-order chi connectivity index (χ0) is 14.7. The monoisotopic (exact) mass is 299 g/mol. The lowest BCUT2D eigenvalue weighted by Gasteiger charge is -2.10. The summed E-state index contributed by atoms with van der Waals surface area (Å²) in [5.41, 5.74) is 4.11. The molecule has 3 aromatic rings. The number of aromatic nitrogens is 3. The van der Waals surface area contributed by atoms with Crippen molar-refractivity contribution in [3.63, 3.8) is 0 Å². The van der Waals surface area contributed by atoms with Gasteiger partial charge >= 0.3 is 0 Å². The number of thiophene rings is 1. The third-order valence-corrected chi connectivity index (χ3v) is 3.84. The van der Waals surface area contributed by atoms with Gasteiger partial charge in [-0.25, -0.2) is 10.1 Å². The van der Waals surface area contributed by atoms with Gasteiger partial charge in [0.05, 0.1) is 11.7 Å². The average molecular weight is 299 g/mol. The van der Waals surface area contributed by atoms with Gasteiger partial charge < -0.3 is 0 Å². The summed E-state index contributed by atoms with van der Waals surface area (Å²) in [4.78, 5) is 13.1. The highest BCUT2D eigenvalue weighted by Gasteiger charge is 2.17. The minimum Gasteiger partial charge on any atom is -0.271 e. The van der Waals surface area contributed by atoms with E-state index < -0.39 is 6.04 Å². The van der Waals surface area contributed by atoms with Crippen molar-refractivity contribution in [3.8, 4) is 0 Å². The molecule has 2 heterocycles. The molecule has 1 unspecified atom stereocenters. The van der Waals surface area contributed by atoms with E-state index in [1.54, 1.807) is 29.2 Å². The molecule has 1 aromatic carbocycles. The number of hydrazone groups is 1. The molecule has 6 nitrogen and oxygen atoms in total. The Kier molecular flexibility index (Phi) is 3.74. The average Bonchev–Trinajstić information content (AvgIpc) is 3.15. The highest BCUT2D eigenvalue weighted by molar-refractivity contribution is 7.11. The summed E-state index contributed by atoms with van der Waals surface area (Å²) in [5.74, 6) is -0.238. The minimum atomic E-state index is -0.488. The van der Waals surface area contributed by atoms with Crippen LogP contribution in [0.4, 0.5) is 0 Å². The molecule has 0 spiro atoms. The van der Waals surface area contributed by atoms with Gasteiger partial charge in [0, 0.05) is 4.88 Å². The highest BCUT2D eigenvalue weighted by Crippen LogP contribution is 2.15. The number of fused-ring (bicyclic) bond motifs is 1. The van der Waals surface area contributed by atoms with Gasteiger partial charge in [-0.3, -0.25) is 4.79 Å². The number of para-hydroxylation sites is 1. The fourth-order valence-corrected chi connectivity index (χ4v) is 2.49. The summed E-state index contributed by atoms with van der Waals surface area (Å²) < 4.78 is 1.59. The van der Waals surface area contributed by atoms with Crippen molar-refractivity contribution in [2.75, 3.05) is 0 Å². The van der Waals surface area contributed by atoms with Crippen molar-refractivity contribution in [1.29, 1.82) is 0 Å². The smallest absolute Gasteiger partial charge is 0.264 e. The Labute approximate surface area is 125 Å². The molecule has 1 atom stereocenters. The molecule has 2 aromatic heterocycles. The molecule has 7 heteroatoms. The molecule has 0 fully saturated rings. The first-order chi connectivity index (χ1) is 10.3. The van der Waals surface area contributed by atoms with Crippen LogP contribution in [-0.4, -0.2) is 27.1 Å². The van der Waals surface area contributed by atoms with Crippen LogP contribution in [0.25, 0.3) is 11.0 Å². The minimum absolute atomic E-state index is 0.238. The topological polar surface area (TPSA) is 72.2 Å².